The summed E-state index contributed by atoms with van der Waals surface area (Å²) in [5.74, 6) is 0. The summed E-state index contributed by atoms with van der Waals surface area (Å²) < 4.78 is 16.6. The molecule has 50 valence electrons. The summed E-state index contributed by atoms with van der Waals surface area (Å²) in [7, 11) is 0. The molecule has 0 fully saturated rings. The highest BCUT2D eigenvalue weighted by Crippen LogP contribution is 1.96. The lowest BCUT2D eigenvalue weighted by Crippen LogP contribution is -2.15. The number of hydrogen-bond acceptors (Lipinski definition) is 1. The Morgan fingerprint density at radius 3 is 2.00 bits per heavy atom. The van der Waals surface area contributed by atoms with E-state index in [9.17, 15) is 4.39 Å². The molecule has 0 saturated carbocycles. The van der Waals surface area contributed by atoms with Gasteiger partial charge in [-0.3, -0.25) is 0 Å². The highest BCUT2D eigenvalue weighted by Gasteiger charge is 2.01. The zero-order valence-corrected chi connectivity index (χ0v) is 5.65. The molecule has 0 saturated heterocycles. The van der Waals surface area contributed by atoms with Crippen LogP contribution in [0.15, 0.2) is 0 Å². The van der Waals surface area contributed by atoms with Crippen LogP contribution in [0, 0.1) is 0 Å². The van der Waals surface area contributed by atoms with Gasteiger partial charge in [0.25, 0.3) is 0 Å². The van der Waals surface area contributed by atoms with E-state index in [-0.39, 0.29) is 12.2 Å². The maximum Gasteiger partial charge on any atom is 0.115 e. The molecule has 0 aliphatic heterocycles. The Bertz CT molecular complexity index is 54.5. The van der Waals surface area contributed by atoms with E-state index in [1.165, 1.54) is 0 Å². The Hall–Kier alpha value is -0.110. The van der Waals surface area contributed by atoms with Gasteiger partial charge in [-0.25, -0.2) is 4.39 Å². The zero-order chi connectivity index (χ0) is 6.57. The van der Waals surface area contributed by atoms with Crippen molar-refractivity contribution in [2.45, 2.75) is 33.0 Å². The van der Waals surface area contributed by atoms with Crippen molar-refractivity contribution in [2.75, 3.05) is 6.67 Å². The fraction of sp³-hybridized carbons (Fsp3) is 1.00. The van der Waals surface area contributed by atoms with Crippen LogP contribution in [0.3, 0.4) is 0 Å². The first-order chi connectivity index (χ1) is 3.66. The first-order valence-corrected chi connectivity index (χ1v) is 2.88. The molecule has 0 rings (SSSR count). The summed E-state index contributed by atoms with van der Waals surface area (Å²) in [6, 6.07) is 0. The molecule has 0 bridgehead atoms. The lowest BCUT2D eigenvalue weighted by atomic mass is 10.4. The Morgan fingerprint density at radius 2 is 1.88 bits per heavy atom. The molecule has 0 heterocycles. The largest absolute Gasteiger partial charge is 0.373 e. The third-order valence-corrected chi connectivity index (χ3v) is 0.722. The predicted molar refractivity (Wildman–Crippen MR) is 31.7 cm³/mol. The molecule has 0 aromatic heterocycles. The number of ether oxygens (including phenoxy) is 1. The quantitative estimate of drug-likeness (QED) is 0.551. The number of halogens is 1. The summed E-state index contributed by atoms with van der Waals surface area (Å²) in [5.41, 5.74) is 0. The molecule has 2 heteroatoms. The van der Waals surface area contributed by atoms with Gasteiger partial charge >= 0.3 is 0 Å². The minimum atomic E-state index is -0.391. The Morgan fingerprint density at radius 1 is 1.38 bits per heavy atom. The molecule has 0 N–H and O–H groups in total. The molecular weight excluding hydrogens is 107 g/mol. The SMILES string of the molecule is CC(C)OC(C)CF. The van der Waals surface area contributed by atoms with E-state index < -0.39 is 6.67 Å². The van der Waals surface area contributed by atoms with Gasteiger partial charge in [0, 0.05) is 0 Å². The van der Waals surface area contributed by atoms with Gasteiger partial charge in [0.1, 0.15) is 6.67 Å². The lowest BCUT2D eigenvalue weighted by molar-refractivity contribution is 0.00577. The number of hydrogen-bond donors (Lipinski definition) is 0. The summed E-state index contributed by atoms with van der Waals surface area (Å²) in [6.07, 6.45) is -0.101. The third-order valence-electron chi connectivity index (χ3n) is 0.722. The van der Waals surface area contributed by atoms with Crippen molar-refractivity contribution >= 4 is 0 Å². The molecule has 0 amide bonds. The van der Waals surface area contributed by atoms with Gasteiger partial charge in [-0.2, -0.15) is 0 Å². The van der Waals surface area contributed by atoms with Crippen LogP contribution in [0.2, 0.25) is 0 Å². The van der Waals surface area contributed by atoms with Crippen LogP contribution in [-0.4, -0.2) is 18.9 Å². The second-order valence-electron chi connectivity index (χ2n) is 2.15. The monoisotopic (exact) mass is 120 g/mol. The van der Waals surface area contributed by atoms with Crippen molar-refractivity contribution < 1.29 is 9.13 Å². The summed E-state index contributed by atoms with van der Waals surface area (Å²) in [4.78, 5) is 0. The number of alkyl halides is 1. The second-order valence-corrected chi connectivity index (χ2v) is 2.15. The van der Waals surface area contributed by atoms with E-state index in [1.807, 2.05) is 13.8 Å². The van der Waals surface area contributed by atoms with Gasteiger partial charge in [-0.15, -0.1) is 0 Å². The highest BCUT2D eigenvalue weighted by molar-refractivity contribution is 4.46. The molecule has 1 atom stereocenters. The van der Waals surface area contributed by atoms with Crippen LogP contribution in [0.4, 0.5) is 4.39 Å². The number of rotatable bonds is 3. The van der Waals surface area contributed by atoms with Crippen molar-refractivity contribution in [3.05, 3.63) is 0 Å². The van der Waals surface area contributed by atoms with Crippen molar-refractivity contribution in [2.24, 2.45) is 0 Å². The minimum Gasteiger partial charge on any atom is -0.373 e. The van der Waals surface area contributed by atoms with E-state index in [2.05, 4.69) is 0 Å². The first kappa shape index (κ1) is 7.89. The molecule has 0 spiro atoms. The van der Waals surface area contributed by atoms with E-state index in [4.69, 9.17) is 4.74 Å². The fourth-order valence-electron chi connectivity index (χ4n) is 0.501. The van der Waals surface area contributed by atoms with E-state index >= 15 is 0 Å². The average Bonchev–Trinajstić information content (AvgIpc) is 1.65. The maximum atomic E-state index is 11.6. The molecule has 0 aromatic rings. The van der Waals surface area contributed by atoms with Gasteiger partial charge in [-0.1, -0.05) is 0 Å². The summed E-state index contributed by atoms with van der Waals surface area (Å²) >= 11 is 0. The Labute approximate surface area is 49.8 Å². The third kappa shape index (κ3) is 4.06. The standard InChI is InChI=1S/C6H13FO/c1-5(2)8-6(3)4-7/h5-6H,4H2,1-3H3. The van der Waals surface area contributed by atoms with E-state index in [1.54, 1.807) is 6.92 Å². The molecule has 8 heavy (non-hydrogen) atoms. The predicted octanol–water partition coefficient (Wildman–Crippen LogP) is 1.77. The molecule has 0 aliphatic rings. The van der Waals surface area contributed by atoms with E-state index in [0.29, 0.717) is 0 Å². The molecule has 1 nitrogen and oxygen atoms in total. The van der Waals surface area contributed by atoms with Gasteiger partial charge in [0.2, 0.25) is 0 Å². The Kier molecular flexibility index (Phi) is 3.79. The van der Waals surface area contributed by atoms with Gasteiger partial charge in [0.05, 0.1) is 12.2 Å². The normalized spacial score (nSPS) is 14.6. The molecule has 0 radical (unpaired) electrons. The topological polar surface area (TPSA) is 9.23 Å². The van der Waals surface area contributed by atoms with Crippen LogP contribution < -0.4 is 0 Å². The van der Waals surface area contributed by atoms with Gasteiger partial charge < -0.3 is 4.74 Å². The lowest BCUT2D eigenvalue weighted by Gasteiger charge is -2.11. The smallest absolute Gasteiger partial charge is 0.115 e. The van der Waals surface area contributed by atoms with Crippen LogP contribution in [0.1, 0.15) is 20.8 Å². The van der Waals surface area contributed by atoms with Crippen molar-refractivity contribution in [3.63, 3.8) is 0 Å². The second kappa shape index (κ2) is 3.84. The van der Waals surface area contributed by atoms with Crippen LogP contribution in [0.5, 0.6) is 0 Å². The van der Waals surface area contributed by atoms with Crippen LogP contribution >= 0.6 is 0 Å². The fourth-order valence-corrected chi connectivity index (χ4v) is 0.501. The van der Waals surface area contributed by atoms with E-state index in [0.717, 1.165) is 0 Å². The van der Waals surface area contributed by atoms with Crippen LogP contribution in [-0.2, 0) is 4.74 Å². The van der Waals surface area contributed by atoms with Crippen molar-refractivity contribution in [1.82, 2.24) is 0 Å². The minimum absolute atomic E-state index is 0.140. The first-order valence-electron chi connectivity index (χ1n) is 2.88. The van der Waals surface area contributed by atoms with Crippen molar-refractivity contribution in [1.29, 1.82) is 0 Å². The Balaban J connectivity index is 3.10. The van der Waals surface area contributed by atoms with Crippen LogP contribution in [0.25, 0.3) is 0 Å². The summed E-state index contributed by atoms with van der Waals surface area (Å²) in [6.45, 7) is 5.12. The van der Waals surface area contributed by atoms with Crippen molar-refractivity contribution in [3.8, 4) is 0 Å². The van der Waals surface area contributed by atoms with Gasteiger partial charge in [-0.05, 0) is 20.8 Å². The molecule has 0 aromatic carbocycles. The zero-order valence-electron chi connectivity index (χ0n) is 5.65. The van der Waals surface area contributed by atoms with Gasteiger partial charge in [0.15, 0.2) is 0 Å². The summed E-state index contributed by atoms with van der Waals surface area (Å²) in [5, 5.41) is 0. The molecular formula is C6H13FO. The molecule has 1 unspecified atom stereocenters. The highest BCUT2D eigenvalue weighted by atomic mass is 19.1. The maximum absolute atomic E-state index is 11.6. The average molecular weight is 120 g/mol. The molecule has 0 aliphatic carbocycles.